The van der Waals surface area contributed by atoms with Gasteiger partial charge in [-0.15, -0.1) is 0 Å². The first-order valence-corrected chi connectivity index (χ1v) is 9.34. The smallest absolute Gasteiger partial charge is 0.191 e. The molecular weight excluding hydrogens is 344 g/mol. The van der Waals surface area contributed by atoms with Gasteiger partial charge in [-0.05, 0) is 25.5 Å². The molecule has 1 fully saturated rings. The Bertz CT molecular complexity index is 767. The molecule has 27 heavy (non-hydrogen) atoms. The van der Waals surface area contributed by atoms with Gasteiger partial charge in [0.15, 0.2) is 5.96 Å². The molecule has 1 aromatic carbocycles. The third-order valence-electron chi connectivity index (χ3n) is 4.38. The Morgan fingerprint density at radius 1 is 1.41 bits per heavy atom. The van der Waals surface area contributed by atoms with E-state index in [1.165, 1.54) is 5.56 Å². The van der Waals surface area contributed by atoms with Crippen LogP contribution in [-0.2, 0) is 24.9 Å². The third kappa shape index (κ3) is 5.43. The van der Waals surface area contributed by atoms with Gasteiger partial charge in [-0.2, -0.15) is 5.10 Å². The van der Waals surface area contributed by atoms with Crippen LogP contribution in [0.4, 0.5) is 0 Å². The zero-order valence-electron chi connectivity index (χ0n) is 16.2. The van der Waals surface area contributed by atoms with Gasteiger partial charge in [-0.1, -0.05) is 12.1 Å². The first-order chi connectivity index (χ1) is 13.2. The van der Waals surface area contributed by atoms with Gasteiger partial charge >= 0.3 is 0 Å². The number of hydrogen-bond donors (Lipinski definition) is 2. The largest absolute Gasteiger partial charge is 0.488 e. The van der Waals surface area contributed by atoms with E-state index in [4.69, 9.17) is 14.5 Å². The van der Waals surface area contributed by atoms with Gasteiger partial charge in [-0.25, -0.2) is 9.98 Å². The number of ether oxygens (including phenoxy) is 2. The van der Waals surface area contributed by atoms with E-state index in [-0.39, 0.29) is 6.10 Å². The SMILES string of the molecule is CCNC(=NCc1ccc(C)cc1OC1CCOC1)NCc1ncnn1C. The lowest BCUT2D eigenvalue weighted by atomic mass is 10.1. The molecular formula is C19H28N6O2. The van der Waals surface area contributed by atoms with Gasteiger partial charge in [0.05, 0.1) is 26.3 Å². The van der Waals surface area contributed by atoms with Crippen LogP contribution in [0.5, 0.6) is 5.75 Å². The van der Waals surface area contributed by atoms with E-state index in [0.717, 1.165) is 42.7 Å². The summed E-state index contributed by atoms with van der Waals surface area (Å²) >= 11 is 0. The van der Waals surface area contributed by atoms with Crippen molar-refractivity contribution in [1.29, 1.82) is 0 Å². The molecule has 0 saturated carbocycles. The Hall–Kier alpha value is -2.61. The Morgan fingerprint density at radius 3 is 3.00 bits per heavy atom. The van der Waals surface area contributed by atoms with Crippen LogP contribution in [-0.4, -0.2) is 46.6 Å². The summed E-state index contributed by atoms with van der Waals surface area (Å²) in [5.74, 6) is 2.47. The lowest BCUT2D eigenvalue weighted by molar-refractivity contribution is 0.140. The fraction of sp³-hybridized carbons (Fsp3) is 0.526. The normalized spacial score (nSPS) is 17.1. The highest BCUT2D eigenvalue weighted by Crippen LogP contribution is 2.24. The van der Waals surface area contributed by atoms with Crippen LogP contribution < -0.4 is 15.4 Å². The molecule has 1 aromatic heterocycles. The molecule has 0 radical (unpaired) electrons. The lowest BCUT2D eigenvalue weighted by Gasteiger charge is -2.16. The average molecular weight is 372 g/mol. The monoisotopic (exact) mass is 372 g/mol. The average Bonchev–Trinajstić information content (AvgIpc) is 3.30. The topological polar surface area (TPSA) is 85.6 Å². The van der Waals surface area contributed by atoms with Crippen LogP contribution in [0.15, 0.2) is 29.5 Å². The first-order valence-electron chi connectivity index (χ1n) is 9.34. The summed E-state index contributed by atoms with van der Waals surface area (Å²) in [6.07, 6.45) is 2.60. The Kier molecular flexibility index (Phi) is 6.64. The zero-order chi connectivity index (χ0) is 19.1. The highest BCUT2D eigenvalue weighted by molar-refractivity contribution is 5.79. The fourth-order valence-corrected chi connectivity index (χ4v) is 2.84. The van der Waals surface area contributed by atoms with Crippen LogP contribution in [0.1, 0.15) is 30.3 Å². The second-order valence-electron chi connectivity index (χ2n) is 6.56. The van der Waals surface area contributed by atoms with Crippen molar-refractivity contribution in [3.05, 3.63) is 41.5 Å². The number of guanidine groups is 1. The molecule has 0 bridgehead atoms. The molecule has 2 N–H and O–H groups in total. The molecule has 146 valence electrons. The Balaban J connectivity index is 1.68. The minimum absolute atomic E-state index is 0.122. The summed E-state index contributed by atoms with van der Waals surface area (Å²) in [6, 6.07) is 6.24. The highest BCUT2D eigenvalue weighted by Gasteiger charge is 2.18. The van der Waals surface area contributed by atoms with E-state index >= 15 is 0 Å². The van der Waals surface area contributed by atoms with Gasteiger partial charge < -0.3 is 20.1 Å². The maximum absolute atomic E-state index is 6.16. The van der Waals surface area contributed by atoms with E-state index in [1.807, 2.05) is 14.0 Å². The third-order valence-corrected chi connectivity index (χ3v) is 4.38. The van der Waals surface area contributed by atoms with Crippen LogP contribution in [0.2, 0.25) is 0 Å². The van der Waals surface area contributed by atoms with Crippen molar-refractivity contribution in [3.8, 4) is 5.75 Å². The molecule has 1 unspecified atom stereocenters. The second-order valence-corrected chi connectivity index (χ2v) is 6.56. The Labute approximate surface area is 160 Å². The summed E-state index contributed by atoms with van der Waals surface area (Å²) in [6.45, 7) is 7.38. The minimum atomic E-state index is 0.122. The number of hydrogen-bond acceptors (Lipinski definition) is 5. The van der Waals surface area contributed by atoms with Crippen molar-refractivity contribution in [2.45, 2.75) is 39.5 Å². The van der Waals surface area contributed by atoms with E-state index in [9.17, 15) is 0 Å². The molecule has 0 amide bonds. The van der Waals surface area contributed by atoms with Gasteiger partial charge in [-0.3, -0.25) is 4.68 Å². The van der Waals surface area contributed by atoms with Gasteiger partial charge in [0.25, 0.3) is 0 Å². The molecule has 1 saturated heterocycles. The fourth-order valence-electron chi connectivity index (χ4n) is 2.84. The molecule has 3 rings (SSSR count). The summed E-state index contributed by atoms with van der Waals surface area (Å²) in [7, 11) is 1.87. The van der Waals surface area contributed by atoms with Gasteiger partial charge in [0.1, 0.15) is 24.0 Å². The van der Waals surface area contributed by atoms with Crippen LogP contribution in [0.3, 0.4) is 0 Å². The van der Waals surface area contributed by atoms with E-state index in [0.29, 0.717) is 19.7 Å². The number of nitrogens with one attached hydrogen (secondary N) is 2. The zero-order valence-corrected chi connectivity index (χ0v) is 16.2. The number of nitrogens with zero attached hydrogens (tertiary/aromatic N) is 4. The van der Waals surface area contributed by atoms with E-state index < -0.39 is 0 Å². The maximum Gasteiger partial charge on any atom is 0.191 e. The first kappa shape index (κ1) is 19.2. The van der Waals surface area contributed by atoms with Gasteiger partial charge in [0, 0.05) is 25.6 Å². The van der Waals surface area contributed by atoms with Crippen molar-refractivity contribution in [3.63, 3.8) is 0 Å². The molecule has 8 nitrogen and oxygen atoms in total. The number of aryl methyl sites for hydroxylation is 2. The van der Waals surface area contributed by atoms with Crippen molar-refractivity contribution in [2.24, 2.45) is 12.0 Å². The molecule has 1 atom stereocenters. The highest BCUT2D eigenvalue weighted by atomic mass is 16.5. The number of rotatable bonds is 7. The lowest BCUT2D eigenvalue weighted by Crippen LogP contribution is -2.37. The molecule has 0 aliphatic carbocycles. The predicted molar refractivity (Wildman–Crippen MR) is 104 cm³/mol. The van der Waals surface area contributed by atoms with Crippen molar-refractivity contribution < 1.29 is 9.47 Å². The molecule has 2 aromatic rings. The van der Waals surface area contributed by atoms with Crippen LogP contribution >= 0.6 is 0 Å². The van der Waals surface area contributed by atoms with Crippen molar-refractivity contribution in [2.75, 3.05) is 19.8 Å². The summed E-state index contributed by atoms with van der Waals surface area (Å²) in [5.41, 5.74) is 2.23. The standard InChI is InChI=1S/C19H28N6O2/c1-4-20-19(22-11-18-23-13-24-25(18)3)21-10-15-6-5-14(2)9-17(15)27-16-7-8-26-12-16/h5-6,9,13,16H,4,7-8,10-12H2,1-3H3,(H2,20,21,22). The van der Waals surface area contributed by atoms with Gasteiger partial charge in [0.2, 0.25) is 0 Å². The Morgan fingerprint density at radius 2 is 2.30 bits per heavy atom. The second kappa shape index (κ2) is 9.36. The van der Waals surface area contributed by atoms with Crippen molar-refractivity contribution >= 4 is 5.96 Å². The molecule has 1 aliphatic heterocycles. The van der Waals surface area contributed by atoms with Crippen molar-refractivity contribution in [1.82, 2.24) is 25.4 Å². The summed E-state index contributed by atoms with van der Waals surface area (Å²) < 4.78 is 13.3. The summed E-state index contributed by atoms with van der Waals surface area (Å²) in [4.78, 5) is 8.93. The summed E-state index contributed by atoms with van der Waals surface area (Å²) in [5, 5.41) is 10.6. The molecule has 2 heterocycles. The molecule has 1 aliphatic rings. The van der Waals surface area contributed by atoms with Crippen LogP contribution in [0, 0.1) is 6.92 Å². The number of aliphatic imine (C=N–C) groups is 1. The van der Waals surface area contributed by atoms with E-state index in [2.05, 4.69) is 45.8 Å². The molecule has 8 heteroatoms. The minimum Gasteiger partial charge on any atom is -0.488 e. The van der Waals surface area contributed by atoms with Crippen LogP contribution in [0.25, 0.3) is 0 Å². The number of aromatic nitrogens is 3. The predicted octanol–water partition coefficient (Wildman–Crippen LogP) is 1.55. The van der Waals surface area contributed by atoms with E-state index in [1.54, 1.807) is 11.0 Å². The quantitative estimate of drug-likeness (QED) is 0.567. The maximum atomic E-state index is 6.16. The number of benzene rings is 1. The molecule has 0 spiro atoms.